The minimum Gasteiger partial charge on any atom is -0.481 e. The highest BCUT2D eigenvalue weighted by molar-refractivity contribution is 5.85. The molecule has 2 N–H and O–H groups in total. The molecule has 4 aromatic rings. The molecule has 3 aromatic carbocycles. The Hall–Kier alpha value is -5.18. The number of alkyl halides is 4. The van der Waals surface area contributed by atoms with Crippen molar-refractivity contribution < 1.29 is 50.2 Å². The summed E-state index contributed by atoms with van der Waals surface area (Å²) in [6.45, 7) is 2.87. The molecule has 1 amide bonds. The third-order valence-corrected chi connectivity index (χ3v) is 9.06. The maximum atomic E-state index is 16.6. The molecule has 4 bridgehead atoms. The number of carbonyl (C=O) groups excluding carboxylic acids is 1. The van der Waals surface area contributed by atoms with Gasteiger partial charge in [-0.2, -0.15) is 13.2 Å². The lowest BCUT2D eigenvalue weighted by Gasteiger charge is -2.34. The maximum Gasteiger partial charge on any atom is 0.416 e. The van der Waals surface area contributed by atoms with Crippen LogP contribution in [0.1, 0.15) is 51.9 Å². The van der Waals surface area contributed by atoms with E-state index in [2.05, 4.69) is 5.32 Å². The normalized spacial score (nSPS) is 18.0. The molecule has 3 heterocycles. The van der Waals surface area contributed by atoms with Crippen molar-refractivity contribution in [3.63, 3.8) is 0 Å². The summed E-state index contributed by atoms with van der Waals surface area (Å²) in [4.78, 5) is 41.3. The van der Waals surface area contributed by atoms with Gasteiger partial charge in [0.1, 0.15) is 41.2 Å². The first-order valence-electron chi connectivity index (χ1n) is 15.8. The molecule has 0 spiro atoms. The van der Waals surface area contributed by atoms with Gasteiger partial charge in [-0.05, 0) is 67.3 Å². The van der Waals surface area contributed by atoms with Crippen LogP contribution in [0.15, 0.2) is 59.5 Å². The first kappa shape index (κ1) is 35.6. The zero-order valence-corrected chi connectivity index (χ0v) is 27.1. The van der Waals surface area contributed by atoms with Crippen LogP contribution in [-0.2, 0) is 22.2 Å². The molecular formula is C36H30F7N3O5. The Bertz CT molecular complexity index is 2110. The molecule has 1 aromatic heterocycles. The highest BCUT2D eigenvalue weighted by Crippen LogP contribution is 2.42. The van der Waals surface area contributed by atoms with Crippen LogP contribution in [0, 0.1) is 31.3 Å². The number of amides is 1. The lowest BCUT2D eigenvalue weighted by atomic mass is 9.91. The summed E-state index contributed by atoms with van der Waals surface area (Å²) in [6, 6.07) is 5.12. The number of rotatable bonds is 6. The van der Waals surface area contributed by atoms with Gasteiger partial charge < -0.3 is 15.2 Å². The quantitative estimate of drug-likeness (QED) is 0.213. The largest absolute Gasteiger partial charge is 0.481 e. The highest BCUT2D eigenvalue weighted by atomic mass is 19.4. The molecular weight excluding hydrogens is 687 g/mol. The number of ether oxygens (including phenoxy) is 1. The fraction of sp³-hybridized carbons (Fsp3) is 0.306. The number of likely N-dealkylation sites (tertiary alicyclic amines) is 1. The van der Waals surface area contributed by atoms with E-state index in [0.717, 1.165) is 18.3 Å². The molecule has 2 atom stereocenters. The van der Waals surface area contributed by atoms with Crippen LogP contribution in [-0.4, -0.2) is 52.3 Å². The van der Waals surface area contributed by atoms with Crippen molar-refractivity contribution in [2.45, 2.75) is 51.1 Å². The summed E-state index contributed by atoms with van der Waals surface area (Å²) in [6.07, 6.45) is -6.84. The van der Waals surface area contributed by atoms with E-state index < -0.39 is 88.0 Å². The fourth-order valence-corrected chi connectivity index (χ4v) is 6.57. The third-order valence-electron chi connectivity index (χ3n) is 9.06. The van der Waals surface area contributed by atoms with Crippen molar-refractivity contribution in [1.29, 1.82) is 0 Å². The minimum absolute atomic E-state index is 0.00849. The van der Waals surface area contributed by atoms with Crippen LogP contribution in [0.3, 0.4) is 0 Å². The molecule has 268 valence electrons. The number of pyridine rings is 1. The molecule has 2 aliphatic heterocycles. The van der Waals surface area contributed by atoms with Crippen molar-refractivity contribution in [2.75, 3.05) is 19.6 Å². The van der Waals surface area contributed by atoms with Crippen LogP contribution >= 0.6 is 0 Å². The van der Waals surface area contributed by atoms with E-state index in [0.29, 0.717) is 10.1 Å². The Morgan fingerprint density at radius 1 is 1.00 bits per heavy atom. The van der Waals surface area contributed by atoms with Gasteiger partial charge in [0.05, 0.1) is 18.0 Å². The van der Waals surface area contributed by atoms with E-state index in [4.69, 9.17) is 4.74 Å². The highest BCUT2D eigenvalue weighted by Gasteiger charge is 2.38. The van der Waals surface area contributed by atoms with Gasteiger partial charge in [-0.25, -0.2) is 17.6 Å². The second-order valence-corrected chi connectivity index (χ2v) is 12.6. The van der Waals surface area contributed by atoms with Crippen LogP contribution in [0.4, 0.5) is 30.7 Å². The molecule has 1 fully saturated rings. The number of carboxylic acids is 1. The molecule has 0 radical (unpaired) electrons. The van der Waals surface area contributed by atoms with Crippen molar-refractivity contribution in [2.24, 2.45) is 0 Å². The molecule has 6 rings (SSSR count). The van der Waals surface area contributed by atoms with E-state index in [9.17, 15) is 37.1 Å². The molecule has 0 aliphatic carbocycles. The van der Waals surface area contributed by atoms with Gasteiger partial charge in [0.25, 0.3) is 5.56 Å². The number of aryl methyl sites for hydroxylation is 2. The summed E-state index contributed by atoms with van der Waals surface area (Å²) < 4.78 is 111. The first-order valence-corrected chi connectivity index (χ1v) is 15.8. The molecule has 0 saturated carbocycles. The summed E-state index contributed by atoms with van der Waals surface area (Å²) in [5.74, 6) is -6.57. The van der Waals surface area contributed by atoms with Crippen LogP contribution in [0.5, 0.6) is 11.5 Å². The Balaban J connectivity index is 1.60. The number of carbonyl (C=O) groups is 2. The number of hydrogen-bond acceptors (Lipinski definition) is 5. The average Bonchev–Trinajstić information content (AvgIpc) is 3.02. The number of nitrogens with one attached hydrogen (secondary N) is 1. The van der Waals surface area contributed by atoms with Gasteiger partial charge in [-0.1, -0.05) is 12.1 Å². The smallest absolute Gasteiger partial charge is 0.416 e. The van der Waals surface area contributed by atoms with E-state index in [-0.39, 0.29) is 60.3 Å². The molecule has 51 heavy (non-hydrogen) atoms. The molecule has 15 heteroatoms. The number of aromatic nitrogens is 1. The number of nitrogens with zero attached hydrogens (tertiary/aromatic N) is 2. The minimum atomic E-state index is -5.02. The van der Waals surface area contributed by atoms with Gasteiger partial charge in [0.2, 0.25) is 5.91 Å². The number of benzene rings is 3. The van der Waals surface area contributed by atoms with Gasteiger partial charge in [0.15, 0.2) is 0 Å². The fourth-order valence-electron chi connectivity index (χ4n) is 6.57. The van der Waals surface area contributed by atoms with Crippen LogP contribution in [0.25, 0.3) is 11.1 Å². The van der Waals surface area contributed by atoms with Crippen LogP contribution < -0.4 is 15.6 Å². The van der Waals surface area contributed by atoms with Crippen molar-refractivity contribution >= 4 is 11.9 Å². The topological polar surface area (TPSA) is 101 Å². The van der Waals surface area contributed by atoms with E-state index in [1.54, 1.807) is 24.0 Å². The Kier molecular flexibility index (Phi) is 9.44. The number of hydrogen-bond donors (Lipinski definition) is 2. The third kappa shape index (κ3) is 6.94. The summed E-state index contributed by atoms with van der Waals surface area (Å²) in [5, 5.41) is 12.0. The maximum absolute atomic E-state index is 16.6. The molecule has 1 saturated heterocycles. The number of fused-ring (bicyclic) bond motifs is 6. The van der Waals surface area contributed by atoms with E-state index in [1.165, 1.54) is 25.1 Å². The second kappa shape index (κ2) is 13.5. The monoisotopic (exact) mass is 717 g/mol. The average molecular weight is 718 g/mol. The lowest BCUT2D eigenvalue weighted by molar-refractivity contribution is -0.139. The molecule has 8 nitrogen and oxygen atoms in total. The Morgan fingerprint density at radius 2 is 1.73 bits per heavy atom. The first-order chi connectivity index (χ1) is 24.0. The van der Waals surface area contributed by atoms with Gasteiger partial charge in [-0.15, -0.1) is 0 Å². The SMILES string of the molecule is Cc1cc2c(F)c(c1F)[C@H](CC(=O)O)NC(=O)[C@H](n1cc(CCN3CC(F)C3)c(C(F)(F)F)cc1=O)c1cc(ccc1F)Oc1cccc(C)c1-2. The van der Waals surface area contributed by atoms with E-state index >= 15 is 13.2 Å². The van der Waals surface area contributed by atoms with Gasteiger partial charge in [0, 0.05) is 54.2 Å². The zero-order chi connectivity index (χ0) is 36.9. The lowest BCUT2D eigenvalue weighted by Crippen LogP contribution is -2.49. The van der Waals surface area contributed by atoms with Crippen molar-refractivity contribution in [1.82, 2.24) is 14.8 Å². The standard InChI is InChI=1S/C36H30F7N3O5/c1-17-4-3-5-27-30(17)23-10-18(2)32(39)31(33(23)40)26(13-29(48)49)44-35(50)34(22-11-21(51-27)6-7-25(22)38)46-14-19(8-9-45-15-20(37)16-45)24(12-28(46)47)36(41,42)43/h3-7,10-12,14,20,26,34H,8-9,13,15-16H2,1-2H3,(H,44,50)(H,48,49)/t26-,34+/m0/s1. The Labute approximate surface area is 286 Å². The number of halogens is 7. The van der Waals surface area contributed by atoms with Crippen molar-refractivity contribution in [3.05, 3.63) is 116 Å². The summed E-state index contributed by atoms with van der Waals surface area (Å²) >= 11 is 0. The number of aliphatic carboxylic acids is 1. The summed E-state index contributed by atoms with van der Waals surface area (Å²) in [5.41, 5.74) is -4.32. The van der Waals surface area contributed by atoms with E-state index in [1.807, 2.05) is 0 Å². The predicted octanol–water partition coefficient (Wildman–Crippen LogP) is 6.79. The second-order valence-electron chi connectivity index (χ2n) is 12.6. The van der Waals surface area contributed by atoms with Gasteiger partial charge in [-0.3, -0.25) is 23.9 Å². The van der Waals surface area contributed by atoms with Gasteiger partial charge >= 0.3 is 12.1 Å². The van der Waals surface area contributed by atoms with Crippen LogP contribution in [0.2, 0.25) is 0 Å². The number of carboxylic acid groups (broad SMARTS) is 1. The predicted molar refractivity (Wildman–Crippen MR) is 170 cm³/mol. The summed E-state index contributed by atoms with van der Waals surface area (Å²) in [7, 11) is 0. The molecule has 0 unspecified atom stereocenters. The zero-order valence-electron chi connectivity index (χ0n) is 27.1. The Morgan fingerprint density at radius 3 is 2.39 bits per heavy atom. The van der Waals surface area contributed by atoms with Crippen molar-refractivity contribution in [3.8, 4) is 22.6 Å². The molecule has 2 aliphatic rings.